The Morgan fingerprint density at radius 1 is 1.21 bits per heavy atom. The average molecular weight is 403 g/mol. The lowest BCUT2D eigenvalue weighted by Gasteiger charge is -2.31. The van der Waals surface area contributed by atoms with Crippen LogP contribution < -0.4 is 10.1 Å². The summed E-state index contributed by atoms with van der Waals surface area (Å²) in [4.78, 5) is 12.8. The number of carbonyl (C=O) groups is 1. The molecular formula is C21H26N2O4S. The Morgan fingerprint density at radius 2 is 1.96 bits per heavy atom. The zero-order chi connectivity index (χ0) is 20.1. The highest BCUT2D eigenvalue weighted by atomic mass is 32.2. The van der Waals surface area contributed by atoms with E-state index in [-0.39, 0.29) is 23.3 Å². The lowest BCUT2D eigenvalue weighted by molar-refractivity contribution is -0.126. The molecule has 0 bridgehead atoms. The van der Waals surface area contributed by atoms with E-state index in [2.05, 4.69) is 5.32 Å². The van der Waals surface area contributed by atoms with Gasteiger partial charge in [0, 0.05) is 19.6 Å². The van der Waals surface area contributed by atoms with Crippen LogP contribution in [0.25, 0.3) is 0 Å². The molecule has 0 unspecified atom stereocenters. The molecule has 2 aromatic carbocycles. The number of piperidine rings is 1. The van der Waals surface area contributed by atoms with Gasteiger partial charge in [0.1, 0.15) is 5.75 Å². The fraction of sp³-hybridized carbons (Fsp3) is 0.381. The Hall–Kier alpha value is -2.38. The lowest BCUT2D eigenvalue weighted by atomic mass is 9.98. The van der Waals surface area contributed by atoms with Crippen LogP contribution in [0.1, 0.15) is 24.0 Å². The number of nitrogens with zero attached hydrogens (tertiary/aromatic N) is 1. The largest absolute Gasteiger partial charge is 0.497 e. The van der Waals surface area contributed by atoms with Crippen molar-refractivity contribution in [1.82, 2.24) is 9.62 Å². The van der Waals surface area contributed by atoms with Crippen molar-refractivity contribution in [2.24, 2.45) is 5.92 Å². The summed E-state index contributed by atoms with van der Waals surface area (Å²) in [6.07, 6.45) is 1.35. The third kappa shape index (κ3) is 4.72. The van der Waals surface area contributed by atoms with Gasteiger partial charge in [-0.15, -0.1) is 0 Å². The van der Waals surface area contributed by atoms with E-state index in [1.807, 2.05) is 31.2 Å². The van der Waals surface area contributed by atoms with Crippen LogP contribution in [0.4, 0.5) is 0 Å². The topological polar surface area (TPSA) is 75.7 Å². The third-order valence-corrected chi connectivity index (χ3v) is 6.88. The van der Waals surface area contributed by atoms with Gasteiger partial charge in [-0.05, 0) is 49.6 Å². The van der Waals surface area contributed by atoms with E-state index < -0.39 is 10.0 Å². The molecule has 1 heterocycles. The first-order valence-corrected chi connectivity index (χ1v) is 10.8. The minimum atomic E-state index is -3.63. The molecule has 0 radical (unpaired) electrons. The Balaban J connectivity index is 1.64. The molecule has 1 N–H and O–H groups in total. The quantitative estimate of drug-likeness (QED) is 0.806. The van der Waals surface area contributed by atoms with E-state index in [4.69, 9.17) is 4.74 Å². The van der Waals surface area contributed by atoms with Gasteiger partial charge in [0.2, 0.25) is 15.9 Å². The molecule has 0 saturated carbocycles. The monoisotopic (exact) mass is 402 g/mol. The van der Waals surface area contributed by atoms with Gasteiger partial charge in [0.25, 0.3) is 0 Å². The molecule has 3 rings (SSSR count). The maximum absolute atomic E-state index is 12.9. The lowest BCUT2D eigenvalue weighted by Crippen LogP contribution is -2.45. The standard InChI is InChI=1S/C21H26N2O4S/c1-16-5-3-6-17(13-16)14-22-21(24)18-7-4-12-23(15-18)28(25,26)20-10-8-19(27-2)9-11-20/h3,5-6,8-11,13,18H,4,7,12,14-15H2,1-2H3,(H,22,24)/t18-/m0/s1. The van der Waals surface area contributed by atoms with Crippen molar-refractivity contribution in [3.63, 3.8) is 0 Å². The predicted octanol–water partition coefficient (Wildman–Crippen LogP) is 2.72. The number of sulfonamides is 1. The minimum absolute atomic E-state index is 0.101. The fourth-order valence-electron chi connectivity index (χ4n) is 3.43. The minimum Gasteiger partial charge on any atom is -0.497 e. The fourth-order valence-corrected chi connectivity index (χ4v) is 4.95. The second-order valence-corrected chi connectivity index (χ2v) is 9.02. The highest BCUT2D eigenvalue weighted by Gasteiger charge is 2.33. The Morgan fingerprint density at radius 3 is 2.64 bits per heavy atom. The summed E-state index contributed by atoms with van der Waals surface area (Å²) in [5, 5.41) is 2.95. The maximum Gasteiger partial charge on any atom is 0.243 e. The van der Waals surface area contributed by atoms with Crippen molar-refractivity contribution in [3.8, 4) is 5.75 Å². The molecule has 0 aromatic heterocycles. The zero-order valence-corrected chi connectivity index (χ0v) is 17.0. The molecule has 0 spiro atoms. The molecule has 1 amide bonds. The SMILES string of the molecule is COc1ccc(S(=O)(=O)N2CCC[C@H](C(=O)NCc3cccc(C)c3)C2)cc1. The van der Waals surface area contributed by atoms with E-state index in [1.165, 1.54) is 23.5 Å². The first-order valence-electron chi connectivity index (χ1n) is 9.37. The van der Waals surface area contributed by atoms with Crippen LogP contribution in [-0.2, 0) is 21.4 Å². The maximum atomic E-state index is 12.9. The van der Waals surface area contributed by atoms with Crippen LogP contribution in [0.2, 0.25) is 0 Å². The number of carbonyl (C=O) groups excluding carboxylic acids is 1. The van der Waals surface area contributed by atoms with Gasteiger partial charge in [-0.1, -0.05) is 29.8 Å². The number of hydrogen-bond donors (Lipinski definition) is 1. The molecular weight excluding hydrogens is 376 g/mol. The summed E-state index contributed by atoms with van der Waals surface area (Å²) in [5.74, 6) is 0.161. The van der Waals surface area contributed by atoms with Crippen molar-refractivity contribution in [1.29, 1.82) is 0 Å². The van der Waals surface area contributed by atoms with Crippen LogP contribution in [-0.4, -0.2) is 38.8 Å². The molecule has 0 aliphatic carbocycles. The molecule has 150 valence electrons. The summed E-state index contributed by atoms with van der Waals surface area (Å²) in [5.41, 5.74) is 2.17. The van der Waals surface area contributed by atoms with Crippen molar-refractivity contribution in [2.75, 3.05) is 20.2 Å². The Labute approximate surface area is 166 Å². The van der Waals surface area contributed by atoms with Gasteiger partial charge in [0.05, 0.1) is 17.9 Å². The number of benzene rings is 2. The van der Waals surface area contributed by atoms with Crippen LogP contribution in [0.5, 0.6) is 5.75 Å². The van der Waals surface area contributed by atoms with E-state index in [0.29, 0.717) is 31.7 Å². The van der Waals surface area contributed by atoms with E-state index >= 15 is 0 Å². The summed E-state index contributed by atoms with van der Waals surface area (Å²) in [6, 6.07) is 14.3. The van der Waals surface area contributed by atoms with Gasteiger partial charge in [-0.25, -0.2) is 8.42 Å². The smallest absolute Gasteiger partial charge is 0.243 e. The van der Waals surface area contributed by atoms with E-state index in [1.54, 1.807) is 12.1 Å². The number of rotatable bonds is 6. The van der Waals surface area contributed by atoms with Gasteiger partial charge in [0.15, 0.2) is 0 Å². The Bertz CT molecular complexity index is 926. The zero-order valence-electron chi connectivity index (χ0n) is 16.2. The number of amides is 1. The highest BCUT2D eigenvalue weighted by Crippen LogP contribution is 2.25. The molecule has 1 fully saturated rings. The van der Waals surface area contributed by atoms with Crippen LogP contribution in [0.3, 0.4) is 0 Å². The summed E-state index contributed by atoms with van der Waals surface area (Å²) < 4.78 is 32.3. The molecule has 28 heavy (non-hydrogen) atoms. The third-order valence-electron chi connectivity index (χ3n) is 5.00. The van der Waals surface area contributed by atoms with Gasteiger partial charge < -0.3 is 10.1 Å². The van der Waals surface area contributed by atoms with Crippen molar-refractivity contribution in [2.45, 2.75) is 31.2 Å². The molecule has 1 aliphatic heterocycles. The Kier molecular flexibility index (Phi) is 6.36. The molecule has 7 heteroatoms. The summed E-state index contributed by atoms with van der Waals surface area (Å²) in [6.45, 7) is 3.08. The molecule has 6 nitrogen and oxygen atoms in total. The number of methoxy groups -OCH3 is 1. The second-order valence-electron chi connectivity index (χ2n) is 7.08. The van der Waals surface area contributed by atoms with Crippen LogP contribution in [0, 0.1) is 12.8 Å². The highest BCUT2D eigenvalue weighted by molar-refractivity contribution is 7.89. The first kappa shape index (κ1) is 20.4. The number of ether oxygens (including phenoxy) is 1. The molecule has 1 aliphatic rings. The van der Waals surface area contributed by atoms with Gasteiger partial charge >= 0.3 is 0 Å². The first-order chi connectivity index (χ1) is 13.4. The van der Waals surface area contributed by atoms with Crippen LogP contribution >= 0.6 is 0 Å². The predicted molar refractivity (Wildman–Crippen MR) is 108 cm³/mol. The normalized spacial score (nSPS) is 17.9. The summed E-state index contributed by atoms with van der Waals surface area (Å²) in [7, 11) is -2.09. The number of aryl methyl sites for hydroxylation is 1. The van der Waals surface area contributed by atoms with Crippen molar-refractivity contribution in [3.05, 3.63) is 59.7 Å². The van der Waals surface area contributed by atoms with E-state index in [9.17, 15) is 13.2 Å². The van der Waals surface area contributed by atoms with Gasteiger partial charge in [-0.2, -0.15) is 4.31 Å². The molecule has 1 atom stereocenters. The number of nitrogens with one attached hydrogen (secondary N) is 1. The van der Waals surface area contributed by atoms with Gasteiger partial charge in [-0.3, -0.25) is 4.79 Å². The van der Waals surface area contributed by atoms with Crippen molar-refractivity contribution < 1.29 is 17.9 Å². The van der Waals surface area contributed by atoms with Crippen molar-refractivity contribution >= 4 is 15.9 Å². The van der Waals surface area contributed by atoms with Crippen LogP contribution in [0.15, 0.2) is 53.4 Å². The molecule has 2 aromatic rings. The second kappa shape index (κ2) is 8.75. The summed E-state index contributed by atoms with van der Waals surface area (Å²) >= 11 is 0. The van der Waals surface area contributed by atoms with E-state index in [0.717, 1.165) is 11.1 Å². The average Bonchev–Trinajstić information content (AvgIpc) is 2.72. The molecule has 1 saturated heterocycles. The number of hydrogen-bond acceptors (Lipinski definition) is 4.